The van der Waals surface area contributed by atoms with E-state index in [9.17, 15) is 0 Å². The molecule has 0 saturated carbocycles. The van der Waals surface area contributed by atoms with E-state index in [1.165, 1.54) is 11.3 Å². The normalized spacial score (nSPS) is 10.3. The summed E-state index contributed by atoms with van der Waals surface area (Å²) in [7, 11) is 0. The van der Waals surface area contributed by atoms with Gasteiger partial charge in [-0.1, -0.05) is 23.1 Å². The summed E-state index contributed by atoms with van der Waals surface area (Å²) in [5, 5.41) is 10.8. The van der Waals surface area contributed by atoms with Crippen molar-refractivity contribution >= 4 is 28.9 Å². The van der Waals surface area contributed by atoms with Crippen LogP contribution < -0.4 is 5.32 Å². The van der Waals surface area contributed by atoms with Gasteiger partial charge < -0.3 is 5.32 Å². The van der Waals surface area contributed by atoms with Crippen LogP contribution in [0.3, 0.4) is 0 Å². The van der Waals surface area contributed by atoms with Crippen LogP contribution in [0.1, 0.15) is 12.6 Å². The van der Waals surface area contributed by atoms with Gasteiger partial charge in [-0.05, 0) is 6.92 Å². The Bertz CT molecular complexity index is 414. The zero-order valence-electron chi connectivity index (χ0n) is 8.75. The summed E-state index contributed by atoms with van der Waals surface area (Å²) < 4.78 is 0.956. The molecule has 0 aliphatic heterocycles. The first kappa shape index (κ1) is 11.3. The lowest BCUT2D eigenvalue weighted by Crippen LogP contribution is -2.00. The first-order chi connectivity index (χ1) is 7.88. The molecule has 0 spiro atoms. The maximum atomic E-state index is 4.31. The number of aromatic nitrogens is 4. The molecule has 5 nitrogen and oxygen atoms in total. The minimum absolute atomic E-state index is 0.772. The molecule has 0 amide bonds. The minimum Gasteiger partial charge on any atom is -0.369 e. The van der Waals surface area contributed by atoms with Crippen LogP contribution >= 0.6 is 23.1 Å². The molecule has 2 heterocycles. The molecule has 0 radical (unpaired) electrons. The Kier molecular flexibility index (Phi) is 4.06. The van der Waals surface area contributed by atoms with Crippen LogP contribution in [-0.2, 0) is 5.75 Å². The van der Waals surface area contributed by atoms with Gasteiger partial charge >= 0.3 is 0 Å². The van der Waals surface area contributed by atoms with Gasteiger partial charge in [-0.25, -0.2) is 4.98 Å². The monoisotopic (exact) mass is 253 g/mol. The highest BCUT2D eigenvalue weighted by atomic mass is 32.2. The highest BCUT2D eigenvalue weighted by Gasteiger charge is 2.01. The number of thioether (sulfide) groups is 1. The van der Waals surface area contributed by atoms with E-state index in [4.69, 9.17) is 0 Å². The fourth-order valence-corrected chi connectivity index (χ4v) is 2.45. The lowest BCUT2D eigenvalue weighted by Gasteiger charge is -2.02. The van der Waals surface area contributed by atoms with E-state index in [2.05, 4.69) is 25.5 Å². The Morgan fingerprint density at radius 2 is 2.31 bits per heavy atom. The van der Waals surface area contributed by atoms with Crippen LogP contribution in [0.4, 0.5) is 5.82 Å². The van der Waals surface area contributed by atoms with Crippen molar-refractivity contribution in [2.24, 2.45) is 0 Å². The fraction of sp³-hybridized carbons (Fsp3) is 0.333. The van der Waals surface area contributed by atoms with E-state index in [0.717, 1.165) is 28.1 Å². The Labute approximate surface area is 102 Å². The second-order valence-corrected chi connectivity index (χ2v) is 4.97. The molecule has 2 aromatic heterocycles. The van der Waals surface area contributed by atoms with Crippen LogP contribution in [0.5, 0.6) is 0 Å². The van der Waals surface area contributed by atoms with Crippen molar-refractivity contribution in [3.05, 3.63) is 23.6 Å². The number of nitrogens with zero attached hydrogens (tertiary/aromatic N) is 4. The molecular weight excluding hydrogens is 242 g/mol. The third-order valence-electron chi connectivity index (χ3n) is 1.75. The molecule has 0 atom stereocenters. The SMILES string of the molecule is CCNc1cnc(CSc2nncs2)cn1. The van der Waals surface area contributed by atoms with Gasteiger partial charge in [-0.3, -0.25) is 4.98 Å². The standard InChI is InChI=1S/C9H11N5S2/c1-2-10-8-4-11-7(3-12-8)5-15-9-14-13-6-16-9/h3-4,6H,2,5H2,1H3,(H,10,12). The van der Waals surface area contributed by atoms with E-state index in [0.29, 0.717) is 0 Å². The van der Waals surface area contributed by atoms with Crippen molar-refractivity contribution in [2.75, 3.05) is 11.9 Å². The largest absolute Gasteiger partial charge is 0.369 e. The summed E-state index contributed by atoms with van der Waals surface area (Å²) in [5.74, 6) is 1.58. The summed E-state index contributed by atoms with van der Waals surface area (Å²) >= 11 is 3.16. The Morgan fingerprint density at radius 3 is 2.94 bits per heavy atom. The maximum Gasteiger partial charge on any atom is 0.174 e. The van der Waals surface area contributed by atoms with Gasteiger partial charge in [-0.2, -0.15) is 0 Å². The van der Waals surface area contributed by atoms with Gasteiger partial charge in [0, 0.05) is 12.3 Å². The molecule has 1 N–H and O–H groups in total. The van der Waals surface area contributed by atoms with Crippen LogP contribution in [0.25, 0.3) is 0 Å². The van der Waals surface area contributed by atoms with Gasteiger partial charge in [0.25, 0.3) is 0 Å². The molecule has 0 aromatic carbocycles. The molecule has 0 aliphatic carbocycles. The second kappa shape index (κ2) is 5.76. The van der Waals surface area contributed by atoms with Crippen LogP contribution in [-0.4, -0.2) is 26.7 Å². The third-order valence-corrected chi connectivity index (χ3v) is 3.64. The lowest BCUT2D eigenvalue weighted by molar-refractivity contribution is 1.01. The van der Waals surface area contributed by atoms with E-state index in [1.54, 1.807) is 29.7 Å². The van der Waals surface area contributed by atoms with E-state index in [1.807, 2.05) is 6.92 Å². The summed E-state index contributed by atoms with van der Waals surface area (Å²) in [6.07, 6.45) is 3.53. The Morgan fingerprint density at radius 1 is 1.38 bits per heavy atom. The number of hydrogen-bond donors (Lipinski definition) is 1. The molecule has 16 heavy (non-hydrogen) atoms. The van der Waals surface area contributed by atoms with Crippen LogP contribution in [0.15, 0.2) is 22.2 Å². The Hall–Kier alpha value is -1.21. The zero-order valence-corrected chi connectivity index (χ0v) is 10.4. The van der Waals surface area contributed by atoms with Gasteiger partial charge in [0.2, 0.25) is 0 Å². The molecule has 0 unspecified atom stereocenters. The molecule has 0 bridgehead atoms. The highest BCUT2D eigenvalue weighted by molar-refractivity contribution is 8.00. The van der Waals surface area contributed by atoms with E-state index in [-0.39, 0.29) is 0 Å². The van der Waals surface area contributed by atoms with Crippen molar-refractivity contribution in [3.8, 4) is 0 Å². The van der Waals surface area contributed by atoms with Crippen molar-refractivity contribution < 1.29 is 0 Å². The molecule has 2 aromatic rings. The number of anilines is 1. The van der Waals surface area contributed by atoms with Gasteiger partial charge in [0.05, 0.1) is 18.1 Å². The van der Waals surface area contributed by atoms with Gasteiger partial charge in [-0.15, -0.1) is 10.2 Å². The van der Waals surface area contributed by atoms with Gasteiger partial charge in [0.1, 0.15) is 11.3 Å². The Balaban J connectivity index is 1.90. The highest BCUT2D eigenvalue weighted by Crippen LogP contribution is 2.22. The quantitative estimate of drug-likeness (QED) is 0.823. The minimum atomic E-state index is 0.772. The second-order valence-electron chi connectivity index (χ2n) is 2.92. The van der Waals surface area contributed by atoms with Crippen molar-refractivity contribution in [2.45, 2.75) is 17.0 Å². The number of hydrogen-bond acceptors (Lipinski definition) is 7. The molecule has 2 rings (SSSR count). The van der Waals surface area contributed by atoms with Crippen molar-refractivity contribution in [3.63, 3.8) is 0 Å². The molecule has 84 valence electrons. The summed E-state index contributed by atoms with van der Waals surface area (Å²) in [6, 6.07) is 0. The van der Waals surface area contributed by atoms with E-state index >= 15 is 0 Å². The smallest absolute Gasteiger partial charge is 0.174 e. The van der Waals surface area contributed by atoms with Crippen molar-refractivity contribution in [1.82, 2.24) is 20.2 Å². The predicted molar refractivity (Wildman–Crippen MR) is 65.7 cm³/mol. The van der Waals surface area contributed by atoms with Crippen LogP contribution in [0.2, 0.25) is 0 Å². The topological polar surface area (TPSA) is 63.6 Å². The van der Waals surface area contributed by atoms with Gasteiger partial charge in [0.15, 0.2) is 4.34 Å². The lowest BCUT2D eigenvalue weighted by atomic mass is 10.5. The molecule has 7 heteroatoms. The predicted octanol–water partition coefficient (Wildman–Crippen LogP) is 2.05. The zero-order chi connectivity index (χ0) is 11.2. The first-order valence-electron chi connectivity index (χ1n) is 4.82. The molecule has 0 aliphatic rings. The number of rotatable bonds is 5. The average molecular weight is 253 g/mol. The third kappa shape index (κ3) is 3.14. The van der Waals surface area contributed by atoms with Crippen LogP contribution in [0, 0.1) is 0 Å². The summed E-state index contributed by atoms with van der Waals surface area (Å²) in [5.41, 5.74) is 2.67. The molecule has 0 fully saturated rings. The fourth-order valence-electron chi connectivity index (χ4n) is 1.06. The van der Waals surface area contributed by atoms with E-state index < -0.39 is 0 Å². The first-order valence-corrected chi connectivity index (χ1v) is 6.68. The molecule has 0 saturated heterocycles. The molecular formula is C9H11N5S2. The number of nitrogens with one attached hydrogen (secondary N) is 1. The summed E-state index contributed by atoms with van der Waals surface area (Å²) in [4.78, 5) is 8.56. The average Bonchev–Trinajstić information content (AvgIpc) is 2.82. The van der Waals surface area contributed by atoms with Crippen molar-refractivity contribution in [1.29, 1.82) is 0 Å². The summed E-state index contributed by atoms with van der Waals surface area (Å²) in [6.45, 7) is 2.88. The maximum absolute atomic E-state index is 4.31.